The summed E-state index contributed by atoms with van der Waals surface area (Å²) >= 11 is 0. The lowest BCUT2D eigenvalue weighted by molar-refractivity contribution is 0.00578. The molecule has 16 heavy (non-hydrogen) atoms. The highest BCUT2D eigenvalue weighted by Crippen LogP contribution is 2.36. The third-order valence-corrected chi connectivity index (χ3v) is 3.15. The standard InChI is InChI=1S/C11H19BN2O2/c1-6-9-13-7-8(14-9)12-15-10(2,3)11(4,5)16-12/h7H,6H2,1-5H3,(H,13,14)/i1D3,6D2,7D. The molecule has 0 spiro atoms. The van der Waals surface area contributed by atoms with Crippen molar-refractivity contribution in [2.24, 2.45) is 0 Å². The van der Waals surface area contributed by atoms with E-state index in [0.717, 1.165) is 0 Å². The van der Waals surface area contributed by atoms with Gasteiger partial charge in [-0.25, -0.2) is 4.98 Å². The summed E-state index contributed by atoms with van der Waals surface area (Å²) in [6.07, 6.45) is -2.98. The van der Waals surface area contributed by atoms with Gasteiger partial charge in [0, 0.05) is 19.4 Å². The summed E-state index contributed by atoms with van der Waals surface area (Å²) < 4.78 is 56.6. The maximum absolute atomic E-state index is 7.85. The summed E-state index contributed by atoms with van der Waals surface area (Å²) in [7, 11) is -0.925. The average Bonchev–Trinajstić information content (AvgIpc) is 2.76. The predicted octanol–water partition coefficient (Wildman–Crippen LogP) is 1.27. The van der Waals surface area contributed by atoms with Crippen molar-refractivity contribution in [3.05, 3.63) is 12.0 Å². The first-order valence-electron chi connectivity index (χ1n) is 8.12. The Bertz CT molecular complexity index is 568. The minimum absolute atomic E-state index is 0.113. The highest BCUT2D eigenvalue weighted by atomic mass is 16.7. The topological polar surface area (TPSA) is 47.1 Å². The molecular weight excluding hydrogens is 203 g/mol. The summed E-state index contributed by atoms with van der Waals surface area (Å²) in [5, 5.41) is 0. The molecule has 4 nitrogen and oxygen atoms in total. The molecule has 0 aromatic carbocycles. The number of nitrogens with one attached hydrogen (secondary N) is 1. The van der Waals surface area contributed by atoms with Gasteiger partial charge in [-0.05, 0) is 27.7 Å². The molecule has 1 aromatic rings. The maximum atomic E-state index is 7.85. The smallest absolute Gasteiger partial charge is 0.398 e. The quantitative estimate of drug-likeness (QED) is 0.775. The molecule has 0 unspecified atom stereocenters. The molecule has 1 aliphatic rings. The molecule has 0 amide bonds. The van der Waals surface area contributed by atoms with Crippen LogP contribution in [0.5, 0.6) is 0 Å². The zero-order chi connectivity index (χ0) is 17.1. The van der Waals surface area contributed by atoms with Crippen molar-refractivity contribution in [2.45, 2.75) is 52.1 Å². The van der Waals surface area contributed by atoms with Crippen molar-refractivity contribution in [2.75, 3.05) is 0 Å². The lowest BCUT2D eigenvalue weighted by Crippen LogP contribution is -2.41. The molecule has 2 rings (SSSR count). The molecule has 5 heteroatoms. The monoisotopic (exact) mass is 228 g/mol. The molecule has 0 radical (unpaired) electrons. The van der Waals surface area contributed by atoms with E-state index in [-0.39, 0.29) is 11.8 Å². The third-order valence-electron chi connectivity index (χ3n) is 3.15. The lowest BCUT2D eigenvalue weighted by Gasteiger charge is -2.32. The van der Waals surface area contributed by atoms with E-state index in [9.17, 15) is 0 Å². The first-order valence-corrected chi connectivity index (χ1v) is 5.12. The van der Waals surface area contributed by atoms with Crippen molar-refractivity contribution in [3.8, 4) is 0 Å². The van der Waals surface area contributed by atoms with E-state index in [1.165, 1.54) is 0 Å². The van der Waals surface area contributed by atoms with Crippen LogP contribution in [0.4, 0.5) is 0 Å². The van der Waals surface area contributed by atoms with Gasteiger partial charge in [0.1, 0.15) is 5.82 Å². The van der Waals surface area contributed by atoms with Gasteiger partial charge in [0.05, 0.1) is 18.2 Å². The van der Waals surface area contributed by atoms with E-state index < -0.39 is 37.4 Å². The Morgan fingerprint density at radius 3 is 2.69 bits per heavy atom. The van der Waals surface area contributed by atoms with Crippen LogP contribution >= 0.6 is 0 Å². The number of nitrogens with zero attached hydrogens (tertiary/aromatic N) is 1. The number of imidazole rings is 1. The van der Waals surface area contributed by atoms with Crippen molar-refractivity contribution in [1.82, 2.24) is 9.97 Å². The molecule has 1 fully saturated rings. The molecule has 2 heterocycles. The van der Waals surface area contributed by atoms with Crippen LogP contribution in [0, 0.1) is 0 Å². The normalized spacial score (nSPS) is 29.9. The summed E-state index contributed by atoms with van der Waals surface area (Å²) in [6.45, 7) is 4.47. The van der Waals surface area contributed by atoms with Crippen molar-refractivity contribution in [1.29, 1.82) is 0 Å². The van der Waals surface area contributed by atoms with Gasteiger partial charge in [0.25, 0.3) is 0 Å². The third kappa shape index (κ3) is 1.78. The minimum Gasteiger partial charge on any atom is -0.398 e. The van der Waals surface area contributed by atoms with E-state index in [0.29, 0.717) is 0 Å². The molecule has 0 bridgehead atoms. The minimum atomic E-state index is -2.90. The number of hydrogen-bond acceptors (Lipinski definition) is 3. The first-order chi connectivity index (χ1) is 9.69. The second kappa shape index (κ2) is 3.60. The summed E-state index contributed by atoms with van der Waals surface area (Å²) in [5.74, 6) is -0.429. The van der Waals surface area contributed by atoms with Gasteiger partial charge in [-0.2, -0.15) is 0 Å². The number of aromatic amines is 1. The van der Waals surface area contributed by atoms with Crippen LogP contribution in [0.3, 0.4) is 0 Å². The van der Waals surface area contributed by atoms with Gasteiger partial charge in [-0.15, -0.1) is 0 Å². The summed E-state index contributed by atoms with van der Waals surface area (Å²) in [5.41, 5.74) is -1.14. The Labute approximate surface area is 105 Å². The van der Waals surface area contributed by atoms with Crippen LogP contribution in [0.25, 0.3) is 0 Å². The molecule has 88 valence electrons. The van der Waals surface area contributed by atoms with E-state index >= 15 is 0 Å². The Morgan fingerprint density at radius 1 is 1.50 bits per heavy atom. The number of aryl methyl sites for hydroxylation is 1. The van der Waals surface area contributed by atoms with Gasteiger partial charge in [-0.1, -0.05) is 6.85 Å². The van der Waals surface area contributed by atoms with E-state index in [2.05, 4.69) is 9.97 Å². The molecule has 1 saturated heterocycles. The zero-order valence-electron chi connectivity index (χ0n) is 15.8. The second-order valence-corrected chi connectivity index (χ2v) is 4.82. The van der Waals surface area contributed by atoms with Gasteiger partial charge >= 0.3 is 7.12 Å². The Kier molecular flexibility index (Phi) is 1.40. The van der Waals surface area contributed by atoms with Crippen LogP contribution in [0.15, 0.2) is 6.17 Å². The molecule has 1 N–H and O–H groups in total. The van der Waals surface area contributed by atoms with Crippen LogP contribution < -0.4 is 5.59 Å². The molecular formula is C11H19BN2O2. The van der Waals surface area contributed by atoms with Crippen LogP contribution in [0.2, 0.25) is 0 Å². The predicted molar refractivity (Wildman–Crippen MR) is 63.7 cm³/mol. The van der Waals surface area contributed by atoms with Gasteiger partial charge < -0.3 is 14.3 Å². The van der Waals surface area contributed by atoms with Crippen LogP contribution in [0.1, 0.15) is 48.6 Å². The van der Waals surface area contributed by atoms with Gasteiger partial charge in [-0.3, -0.25) is 0 Å². The van der Waals surface area contributed by atoms with E-state index in [1.807, 2.05) is 27.7 Å². The Hall–Kier alpha value is -0.805. The van der Waals surface area contributed by atoms with Gasteiger partial charge in [0.2, 0.25) is 0 Å². The van der Waals surface area contributed by atoms with Crippen molar-refractivity contribution in [3.63, 3.8) is 0 Å². The van der Waals surface area contributed by atoms with Crippen LogP contribution in [-0.2, 0) is 15.7 Å². The van der Waals surface area contributed by atoms with Crippen LogP contribution in [-0.4, -0.2) is 28.3 Å². The maximum Gasteiger partial charge on any atom is 0.513 e. The second-order valence-electron chi connectivity index (χ2n) is 4.82. The number of aromatic nitrogens is 2. The van der Waals surface area contributed by atoms with Crippen molar-refractivity contribution >= 4 is 12.7 Å². The molecule has 0 saturated carbocycles. The largest absolute Gasteiger partial charge is 0.513 e. The summed E-state index contributed by atoms with van der Waals surface area (Å²) in [6, 6.07) is 0. The fourth-order valence-corrected chi connectivity index (χ4v) is 1.43. The Balaban J connectivity index is 2.37. The SMILES string of the molecule is [2H]c1nc(C([2H])([2H])C([2H])([2H])[2H])[nH]c1B1OC(C)(C)C(C)(C)O1. The fraction of sp³-hybridized carbons (Fsp3) is 0.727. The summed E-state index contributed by atoms with van der Waals surface area (Å²) in [4.78, 5) is 6.27. The highest BCUT2D eigenvalue weighted by Gasteiger charge is 2.52. The van der Waals surface area contributed by atoms with Gasteiger partial charge in [0.15, 0.2) is 0 Å². The molecule has 0 aliphatic carbocycles. The zero-order valence-corrected chi connectivity index (χ0v) is 9.84. The van der Waals surface area contributed by atoms with E-state index in [4.69, 9.17) is 17.5 Å². The fourth-order valence-electron chi connectivity index (χ4n) is 1.43. The first kappa shape index (κ1) is 6.22. The molecule has 0 atom stereocenters. The Morgan fingerprint density at radius 2 is 2.12 bits per heavy atom. The van der Waals surface area contributed by atoms with Crippen molar-refractivity contribution < 1.29 is 17.5 Å². The number of hydrogen-bond donors (Lipinski definition) is 1. The number of rotatable bonds is 2. The molecule has 1 aromatic heterocycles. The lowest BCUT2D eigenvalue weighted by atomic mass is 9.86. The average molecular weight is 228 g/mol. The number of H-pyrrole nitrogens is 1. The highest BCUT2D eigenvalue weighted by molar-refractivity contribution is 6.61. The van der Waals surface area contributed by atoms with E-state index in [1.54, 1.807) is 0 Å². The molecule has 1 aliphatic heterocycles.